The summed E-state index contributed by atoms with van der Waals surface area (Å²) in [4.78, 5) is 23.1. The van der Waals surface area contributed by atoms with Crippen molar-refractivity contribution in [3.8, 4) is 5.75 Å². The van der Waals surface area contributed by atoms with E-state index in [1.807, 2.05) is 18.2 Å². The van der Waals surface area contributed by atoms with Crippen LogP contribution >= 0.6 is 0 Å². The van der Waals surface area contributed by atoms with Crippen molar-refractivity contribution in [2.45, 2.75) is 12.8 Å². The summed E-state index contributed by atoms with van der Waals surface area (Å²) in [7, 11) is 0. The van der Waals surface area contributed by atoms with E-state index in [4.69, 9.17) is 9.47 Å². The van der Waals surface area contributed by atoms with Gasteiger partial charge in [0.15, 0.2) is 6.61 Å². The van der Waals surface area contributed by atoms with Crippen LogP contribution < -0.4 is 10.1 Å². The molecule has 0 unspecified atom stereocenters. The third-order valence-electron chi connectivity index (χ3n) is 3.10. The molecule has 25 heavy (non-hydrogen) atoms. The van der Waals surface area contributed by atoms with Gasteiger partial charge in [-0.25, -0.2) is 8.78 Å². The van der Waals surface area contributed by atoms with E-state index in [2.05, 4.69) is 5.32 Å². The van der Waals surface area contributed by atoms with Crippen LogP contribution in [0.2, 0.25) is 0 Å². The van der Waals surface area contributed by atoms with E-state index >= 15 is 0 Å². The Labute approximate surface area is 143 Å². The molecule has 0 aliphatic heterocycles. The molecular weight excluding hydrogens is 332 g/mol. The van der Waals surface area contributed by atoms with Crippen LogP contribution in [-0.2, 0) is 14.3 Å². The normalized spacial score (nSPS) is 10.2. The van der Waals surface area contributed by atoms with E-state index in [-0.39, 0.29) is 12.1 Å². The van der Waals surface area contributed by atoms with Gasteiger partial charge in [-0.3, -0.25) is 9.59 Å². The molecule has 1 N–H and O–H groups in total. The van der Waals surface area contributed by atoms with Crippen LogP contribution in [0, 0.1) is 11.6 Å². The largest absolute Gasteiger partial charge is 0.494 e. The van der Waals surface area contributed by atoms with Gasteiger partial charge < -0.3 is 14.8 Å². The second-order valence-electron chi connectivity index (χ2n) is 5.10. The molecule has 0 spiro atoms. The molecule has 2 aromatic rings. The molecule has 0 atom stereocenters. The molecule has 2 rings (SSSR count). The molecular formula is C18H17F2NO4. The Kier molecular flexibility index (Phi) is 6.88. The first-order chi connectivity index (χ1) is 12.0. The zero-order chi connectivity index (χ0) is 18.1. The smallest absolute Gasteiger partial charge is 0.306 e. The van der Waals surface area contributed by atoms with Crippen molar-refractivity contribution in [1.82, 2.24) is 0 Å². The minimum absolute atomic E-state index is 0.0778. The number of carbonyl (C=O) groups is 2. The maximum atomic E-state index is 13.4. The number of carbonyl (C=O) groups excluding carboxylic acids is 2. The van der Waals surface area contributed by atoms with Crippen LogP contribution in [-0.4, -0.2) is 25.1 Å². The number of nitrogens with one attached hydrogen (secondary N) is 1. The van der Waals surface area contributed by atoms with E-state index in [9.17, 15) is 18.4 Å². The summed E-state index contributed by atoms with van der Waals surface area (Å²) in [5, 5.41) is 2.14. The Bertz CT molecular complexity index is 722. The number of rotatable bonds is 8. The number of hydrogen-bond donors (Lipinski definition) is 1. The highest BCUT2D eigenvalue weighted by Crippen LogP contribution is 2.15. The molecule has 132 valence electrons. The highest BCUT2D eigenvalue weighted by Gasteiger charge is 2.11. The van der Waals surface area contributed by atoms with Crippen molar-refractivity contribution in [2.75, 3.05) is 18.5 Å². The Morgan fingerprint density at radius 2 is 1.80 bits per heavy atom. The molecule has 0 bridgehead atoms. The van der Waals surface area contributed by atoms with E-state index in [0.29, 0.717) is 18.8 Å². The van der Waals surface area contributed by atoms with Crippen LogP contribution in [0.4, 0.5) is 14.5 Å². The minimum atomic E-state index is -0.779. The molecule has 0 aliphatic carbocycles. The molecule has 0 aromatic heterocycles. The van der Waals surface area contributed by atoms with Gasteiger partial charge in [-0.1, -0.05) is 18.2 Å². The van der Waals surface area contributed by atoms with Crippen molar-refractivity contribution >= 4 is 17.6 Å². The maximum Gasteiger partial charge on any atom is 0.306 e. The Morgan fingerprint density at radius 1 is 1.04 bits per heavy atom. The fraction of sp³-hybridized carbons (Fsp3) is 0.222. The molecule has 7 heteroatoms. The van der Waals surface area contributed by atoms with Gasteiger partial charge >= 0.3 is 5.97 Å². The van der Waals surface area contributed by atoms with Gasteiger partial charge in [-0.2, -0.15) is 0 Å². The zero-order valence-electron chi connectivity index (χ0n) is 13.3. The molecule has 0 fully saturated rings. The van der Waals surface area contributed by atoms with Crippen molar-refractivity contribution < 1.29 is 27.8 Å². The molecule has 0 saturated heterocycles. The second-order valence-corrected chi connectivity index (χ2v) is 5.10. The van der Waals surface area contributed by atoms with E-state index in [0.717, 1.165) is 18.2 Å². The van der Waals surface area contributed by atoms with Gasteiger partial charge in [-0.05, 0) is 30.7 Å². The number of ether oxygens (including phenoxy) is 2. The topological polar surface area (TPSA) is 64.6 Å². The SMILES string of the molecule is O=C(COC(=O)CCCOc1ccccc1)Nc1cc(F)ccc1F. The number of anilines is 1. The fourth-order valence-corrected chi connectivity index (χ4v) is 1.92. The first-order valence-corrected chi connectivity index (χ1v) is 7.63. The number of halogens is 2. The van der Waals surface area contributed by atoms with Gasteiger partial charge in [0, 0.05) is 12.5 Å². The summed E-state index contributed by atoms with van der Waals surface area (Å²) in [6, 6.07) is 11.8. The predicted octanol–water partition coefficient (Wildman–Crippen LogP) is 3.31. The number of para-hydroxylation sites is 1. The molecule has 0 radical (unpaired) electrons. The van der Waals surface area contributed by atoms with Gasteiger partial charge in [0.2, 0.25) is 0 Å². The summed E-state index contributed by atoms with van der Waals surface area (Å²) >= 11 is 0. The number of benzene rings is 2. The van der Waals surface area contributed by atoms with Crippen LogP contribution in [0.25, 0.3) is 0 Å². The first kappa shape index (κ1) is 18.4. The average molecular weight is 349 g/mol. The second kappa shape index (κ2) is 9.36. The van der Waals surface area contributed by atoms with Crippen LogP contribution in [0.15, 0.2) is 48.5 Å². The lowest BCUT2D eigenvalue weighted by Gasteiger charge is -2.08. The number of hydrogen-bond acceptors (Lipinski definition) is 4. The van der Waals surface area contributed by atoms with Crippen molar-refractivity contribution in [2.24, 2.45) is 0 Å². The van der Waals surface area contributed by atoms with E-state index in [1.54, 1.807) is 12.1 Å². The van der Waals surface area contributed by atoms with Gasteiger partial charge in [0.05, 0.1) is 12.3 Å². The lowest BCUT2D eigenvalue weighted by Crippen LogP contribution is -2.21. The third kappa shape index (κ3) is 6.58. The van der Waals surface area contributed by atoms with E-state index in [1.165, 1.54) is 0 Å². The van der Waals surface area contributed by atoms with Gasteiger partial charge in [0.25, 0.3) is 5.91 Å². The molecule has 5 nitrogen and oxygen atoms in total. The van der Waals surface area contributed by atoms with Gasteiger partial charge in [-0.15, -0.1) is 0 Å². The Balaban J connectivity index is 1.64. The third-order valence-corrected chi connectivity index (χ3v) is 3.10. The van der Waals surface area contributed by atoms with Crippen LogP contribution in [0.1, 0.15) is 12.8 Å². The van der Waals surface area contributed by atoms with Crippen LogP contribution in [0.3, 0.4) is 0 Å². The quantitative estimate of drug-likeness (QED) is 0.587. The molecule has 2 aromatic carbocycles. The summed E-state index contributed by atoms with van der Waals surface area (Å²) in [6.45, 7) is -0.242. The lowest BCUT2D eigenvalue weighted by atomic mass is 10.3. The van der Waals surface area contributed by atoms with Crippen molar-refractivity contribution in [3.05, 3.63) is 60.2 Å². The highest BCUT2D eigenvalue weighted by molar-refractivity contribution is 5.92. The standard InChI is InChI=1S/C18H17F2NO4/c19-13-8-9-15(20)16(11-13)21-17(22)12-25-18(23)7-4-10-24-14-5-2-1-3-6-14/h1-3,5-6,8-9,11H,4,7,10,12H2,(H,21,22). The first-order valence-electron chi connectivity index (χ1n) is 7.63. The maximum absolute atomic E-state index is 13.4. The molecule has 1 amide bonds. The highest BCUT2D eigenvalue weighted by atomic mass is 19.1. The summed E-state index contributed by atoms with van der Waals surface area (Å²) in [5.74, 6) is -2.09. The zero-order valence-corrected chi connectivity index (χ0v) is 13.3. The lowest BCUT2D eigenvalue weighted by molar-refractivity contribution is -0.147. The van der Waals surface area contributed by atoms with E-state index < -0.39 is 30.1 Å². The Morgan fingerprint density at radius 3 is 2.56 bits per heavy atom. The number of amides is 1. The average Bonchev–Trinajstić information content (AvgIpc) is 2.61. The number of esters is 1. The molecule has 0 heterocycles. The monoisotopic (exact) mass is 349 g/mol. The van der Waals surface area contributed by atoms with Crippen molar-refractivity contribution in [1.29, 1.82) is 0 Å². The van der Waals surface area contributed by atoms with Crippen LogP contribution in [0.5, 0.6) is 5.75 Å². The Hall–Kier alpha value is -2.96. The summed E-state index contributed by atoms with van der Waals surface area (Å²) in [6.07, 6.45) is 0.502. The predicted molar refractivity (Wildman–Crippen MR) is 87.1 cm³/mol. The molecule has 0 saturated carbocycles. The minimum Gasteiger partial charge on any atom is -0.494 e. The fourth-order valence-electron chi connectivity index (χ4n) is 1.92. The summed E-state index contributed by atoms with van der Waals surface area (Å²) in [5.41, 5.74) is -0.308. The van der Waals surface area contributed by atoms with Gasteiger partial charge in [0.1, 0.15) is 17.4 Å². The van der Waals surface area contributed by atoms with Crippen molar-refractivity contribution in [3.63, 3.8) is 0 Å². The molecule has 0 aliphatic rings. The summed E-state index contributed by atoms with van der Waals surface area (Å²) < 4.78 is 36.6.